The van der Waals surface area contributed by atoms with Gasteiger partial charge in [-0.2, -0.15) is 0 Å². The minimum atomic E-state index is -0.493. The molecule has 9 aromatic rings. The molecule has 10 rings (SSSR count). The zero-order valence-corrected chi connectivity index (χ0v) is 28.9. The van der Waals surface area contributed by atoms with Crippen molar-refractivity contribution in [3.63, 3.8) is 0 Å². The maximum atomic E-state index is 6.49. The number of benzene rings is 8. The molecule has 0 aliphatic heterocycles. The van der Waals surface area contributed by atoms with Crippen LogP contribution in [0.15, 0.2) is 211 Å². The van der Waals surface area contributed by atoms with E-state index in [1.54, 1.807) is 0 Å². The van der Waals surface area contributed by atoms with Crippen LogP contribution >= 0.6 is 0 Å². The topological polar surface area (TPSA) is 29.3 Å². The van der Waals surface area contributed by atoms with Gasteiger partial charge in [0.05, 0.1) is 5.41 Å². The lowest BCUT2D eigenvalue weighted by Gasteiger charge is -2.34. The normalized spacial score (nSPS) is 12.7. The van der Waals surface area contributed by atoms with E-state index in [0.717, 1.165) is 39.3 Å². The molecule has 0 atom stereocenters. The largest absolute Gasteiger partial charge is 0.436 e. The summed E-state index contributed by atoms with van der Waals surface area (Å²) >= 11 is 0. The summed E-state index contributed by atoms with van der Waals surface area (Å²) in [6.45, 7) is 0. The molecule has 0 bridgehead atoms. The van der Waals surface area contributed by atoms with Crippen molar-refractivity contribution >= 4 is 28.2 Å². The Bertz CT molecular complexity index is 2660. The summed E-state index contributed by atoms with van der Waals surface area (Å²) in [6, 6.07) is 73.4. The first-order valence-electron chi connectivity index (χ1n) is 18.0. The molecule has 0 N–H and O–H groups in total. The van der Waals surface area contributed by atoms with E-state index in [2.05, 4.69) is 205 Å². The fraction of sp³-hybridized carbons (Fsp3) is 0.0200. The second kappa shape index (κ2) is 12.7. The summed E-state index contributed by atoms with van der Waals surface area (Å²) in [5.74, 6) is 0.605. The highest BCUT2D eigenvalue weighted by molar-refractivity contribution is 5.91. The molecule has 0 amide bonds. The minimum Gasteiger partial charge on any atom is -0.436 e. The van der Waals surface area contributed by atoms with Gasteiger partial charge in [0.1, 0.15) is 5.52 Å². The molecule has 0 saturated carbocycles. The average Bonchev–Trinajstić information content (AvgIpc) is 3.80. The summed E-state index contributed by atoms with van der Waals surface area (Å²) < 4.78 is 6.49. The van der Waals surface area contributed by atoms with E-state index < -0.39 is 5.41 Å². The highest BCUT2D eigenvalue weighted by Crippen LogP contribution is 2.57. The first-order valence-corrected chi connectivity index (χ1v) is 18.0. The van der Waals surface area contributed by atoms with Crippen molar-refractivity contribution in [2.24, 2.45) is 0 Å². The van der Waals surface area contributed by atoms with Crippen LogP contribution in [-0.2, 0) is 5.41 Å². The number of aromatic nitrogens is 1. The summed E-state index contributed by atoms with van der Waals surface area (Å²) in [7, 11) is 0. The lowest BCUT2D eigenvalue weighted by molar-refractivity contribution is 0.620. The fourth-order valence-electron chi connectivity index (χ4n) is 8.21. The Hall–Kier alpha value is -6.97. The third-order valence-electron chi connectivity index (χ3n) is 10.6. The second-order valence-corrected chi connectivity index (χ2v) is 13.5. The molecule has 1 aliphatic carbocycles. The molecule has 1 aliphatic rings. The molecule has 1 aromatic heterocycles. The Morgan fingerprint density at radius 2 is 0.925 bits per heavy atom. The molecule has 0 radical (unpaired) electrons. The van der Waals surface area contributed by atoms with Gasteiger partial charge < -0.3 is 9.32 Å². The molecule has 3 nitrogen and oxygen atoms in total. The molecule has 0 fully saturated rings. The van der Waals surface area contributed by atoms with Crippen LogP contribution in [0.2, 0.25) is 0 Å². The van der Waals surface area contributed by atoms with Gasteiger partial charge in [-0.1, -0.05) is 152 Å². The van der Waals surface area contributed by atoms with Crippen molar-refractivity contribution < 1.29 is 4.42 Å². The second-order valence-electron chi connectivity index (χ2n) is 13.5. The fourth-order valence-corrected chi connectivity index (χ4v) is 8.21. The molecule has 250 valence electrons. The van der Waals surface area contributed by atoms with E-state index in [0.29, 0.717) is 5.89 Å². The molecular weight excluding hydrogens is 645 g/mol. The summed E-state index contributed by atoms with van der Waals surface area (Å²) in [5, 5.41) is 0. The predicted molar refractivity (Wildman–Crippen MR) is 217 cm³/mol. The van der Waals surface area contributed by atoms with Gasteiger partial charge in [-0.25, -0.2) is 4.98 Å². The van der Waals surface area contributed by atoms with Gasteiger partial charge in [-0.15, -0.1) is 0 Å². The number of para-hydroxylation sites is 1. The standard InChI is InChI=1S/C50H34N2O/c1-5-15-35(16-6-1)36-25-27-37(28-26-36)49-51-47-32-30-42(34-48(47)53-49)52(40-21-11-4-12-22-40)41-29-31-44-43-23-13-14-24-45(43)50(46(44)33-41,38-17-7-2-8-18-38)39-19-9-3-10-20-39/h1-34H. The summed E-state index contributed by atoms with van der Waals surface area (Å²) in [4.78, 5) is 7.22. The van der Waals surface area contributed by atoms with Crippen molar-refractivity contribution in [1.29, 1.82) is 0 Å². The van der Waals surface area contributed by atoms with Crippen LogP contribution in [0.1, 0.15) is 22.3 Å². The van der Waals surface area contributed by atoms with Gasteiger partial charge in [0, 0.05) is 28.7 Å². The van der Waals surface area contributed by atoms with Gasteiger partial charge >= 0.3 is 0 Å². The van der Waals surface area contributed by atoms with Gasteiger partial charge in [0.25, 0.3) is 0 Å². The number of rotatable bonds is 7. The predicted octanol–water partition coefficient (Wildman–Crippen LogP) is 13.0. The number of fused-ring (bicyclic) bond motifs is 4. The molecule has 3 heteroatoms. The van der Waals surface area contributed by atoms with Gasteiger partial charge in [0.15, 0.2) is 5.58 Å². The van der Waals surface area contributed by atoms with Gasteiger partial charge in [-0.05, 0) is 93.0 Å². The van der Waals surface area contributed by atoms with Crippen molar-refractivity contribution in [1.82, 2.24) is 4.98 Å². The lowest BCUT2D eigenvalue weighted by Crippen LogP contribution is -2.28. The van der Waals surface area contributed by atoms with Crippen LogP contribution in [0.5, 0.6) is 0 Å². The van der Waals surface area contributed by atoms with Crippen LogP contribution in [0.3, 0.4) is 0 Å². The molecule has 53 heavy (non-hydrogen) atoms. The number of hydrogen-bond donors (Lipinski definition) is 0. The maximum Gasteiger partial charge on any atom is 0.227 e. The molecular formula is C50H34N2O. The zero-order valence-electron chi connectivity index (χ0n) is 28.9. The third-order valence-corrected chi connectivity index (χ3v) is 10.6. The Kier molecular flexibility index (Phi) is 7.36. The SMILES string of the molecule is c1ccc(-c2ccc(-c3nc4ccc(N(c5ccccc5)c5ccc6c(c5)C(c5ccccc5)(c5ccccc5)c5ccccc5-6)cc4o3)cc2)cc1. The highest BCUT2D eigenvalue weighted by atomic mass is 16.3. The van der Waals surface area contributed by atoms with E-state index in [4.69, 9.17) is 9.40 Å². The zero-order chi connectivity index (χ0) is 35.2. The maximum absolute atomic E-state index is 6.49. The lowest BCUT2D eigenvalue weighted by atomic mass is 9.67. The van der Waals surface area contributed by atoms with E-state index in [1.165, 1.54) is 38.9 Å². The average molecular weight is 679 g/mol. The molecule has 0 unspecified atom stereocenters. The van der Waals surface area contributed by atoms with Crippen molar-refractivity contribution in [3.05, 3.63) is 229 Å². The first kappa shape index (κ1) is 30.8. The van der Waals surface area contributed by atoms with Crippen molar-refractivity contribution in [2.75, 3.05) is 4.90 Å². The van der Waals surface area contributed by atoms with Gasteiger partial charge in [-0.3, -0.25) is 0 Å². The molecule has 1 heterocycles. The molecule has 0 saturated heterocycles. The Morgan fingerprint density at radius 3 is 1.62 bits per heavy atom. The highest BCUT2D eigenvalue weighted by Gasteiger charge is 2.46. The molecule has 0 spiro atoms. The van der Waals surface area contributed by atoms with E-state index in [-0.39, 0.29) is 0 Å². The quantitative estimate of drug-likeness (QED) is 0.168. The summed E-state index contributed by atoms with van der Waals surface area (Å²) in [6.07, 6.45) is 0. The van der Waals surface area contributed by atoms with Crippen LogP contribution < -0.4 is 4.90 Å². The van der Waals surface area contributed by atoms with Gasteiger partial charge in [0.2, 0.25) is 5.89 Å². The van der Waals surface area contributed by atoms with E-state index in [1.807, 2.05) is 6.07 Å². The Labute approximate surface area is 309 Å². The van der Waals surface area contributed by atoms with Crippen molar-refractivity contribution in [2.45, 2.75) is 5.41 Å². The Morgan fingerprint density at radius 1 is 0.396 bits per heavy atom. The number of hydrogen-bond acceptors (Lipinski definition) is 3. The van der Waals surface area contributed by atoms with Crippen LogP contribution in [0.25, 0.3) is 44.8 Å². The molecule has 8 aromatic carbocycles. The Balaban J connectivity index is 1.12. The van der Waals surface area contributed by atoms with Crippen molar-refractivity contribution in [3.8, 4) is 33.7 Å². The third kappa shape index (κ3) is 5.09. The van der Waals surface area contributed by atoms with E-state index in [9.17, 15) is 0 Å². The number of oxazole rings is 1. The summed E-state index contributed by atoms with van der Waals surface area (Å²) in [5.41, 5.74) is 15.0. The monoisotopic (exact) mass is 678 g/mol. The first-order chi connectivity index (χ1) is 26.3. The number of nitrogens with zero attached hydrogens (tertiary/aromatic N) is 2. The minimum absolute atomic E-state index is 0.493. The van der Waals surface area contributed by atoms with E-state index >= 15 is 0 Å². The smallest absolute Gasteiger partial charge is 0.227 e. The number of anilines is 3. The van der Waals surface area contributed by atoms with Crippen LogP contribution in [0, 0.1) is 0 Å². The van der Waals surface area contributed by atoms with Crippen LogP contribution in [-0.4, -0.2) is 4.98 Å². The van der Waals surface area contributed by atoms with Crippen LogP contribution in [0.4, 0.5) is 17.1 Å².